The Hall–Kier alpha value is -2.85. The van der Waals surface area contributed by atoms with Crippen LogP contribution in [0.5, 0.6) is 0 Å². The van der Waals surface area contributed by atoms with Gasteiger partial charge in [0.2, 0.25) is 5.95 Å². The molecule has 4 rings (SSSR count). The van der Waals surface area contributed by atoms with Crippen LogP contribution in [-0.4, -0.2) is 33.1 Å². The lowest BCUT2D eigenvalue weighted by atomic mass is 9.99. The van der Waals surface area contributed by atoms with Crippen LogP contribution in [0.3, 0.4) is 0 Å². The highest BCUT2D eigenvalue weighted by Gasteiger charge is 2.29. The minimum absolute atomic E-state index is 0.0662. The summed E-state index contributed by atoms with van der Waals surface area (Å²) in [5.74, 6) is -0.177. The summed E-state index contributed by atoms with van der Waals surface area (Å²) in [6, 6.07) is 10.4. The molecule has 0 amide bonds. The fourth-order valence-electron chi connectivity index (χ4n) is 3.41. The Labute approximate surface area is 195 Å². The minimum Gasteiger partial charge on any atom is -0.337 e. The van der Waals surface area contributed by atoms with Crippen molar-refractivity contribution in [2.45, 2.75) is 23.4 Å². The molecule has 0 fully saturated rings. The van der Waals surface area contributed by atoms with Crippen molar-refractivity contribution in [2.24, 2.45) is 0 Å². The van der Waals surface area contributed by atoms with Crippen LogP contribution in [0.1, 0.15) is 17.5 Å². The number of aromatic nitrogens is 3. The summed E-state index contributed by atoms with van der Waals surface area (Å²) in [5, 5.41) is 0.0662. The lowest BCUT2D eigenvalue weighted by molar-refractivity contribution is -0.0328. The van der Waals surface area contributed by atoms with E-state index in [-0.39, 0.29) is 28.2 Å². The molecular formula is C22H17ClF4N4OS. The summed E-state index contributed by atoms with van der Waals surface area (Å²) in [6.45, 7) is 1.19. The Morgan fingerprint density at radius 3 is 2.48 bits per heavy atom. The van der Waals surface area contributed by atoms with E-state index in [2.05, 4.69) is 9.97 Å². The van der Waals surface area contributed by atoms with Crippen molar-refractivity contribution in [3.63, 3.8) is 0 Å². The molecule has 172 valence electrons. The number of halogens is 5. The number of hydrogen-bond acceptors (Lipinski definition) is 5. The van der Waals surface area contributed by atoms with E-state index in [4.69, 9.17) is 11.6 Å². The predicted molar refractivity (Wildman–Crippen MR) is 120 cm³/mol. The van der Waals surface area contributed by atoms with Gasteiger partial charge in [-0.05, 0) is 59.1 Å². The number of benzene rings is 2. The van der Waals surface area contributed by atoms with E-state index in [0.717, 1.165) is 11.1 Å². The van der Waals surface area contributed by atoms with Crippen molar-refractivity contribution < 1.29 is 17.6 Å². The van der Waals surface area contributed by atoms with Gasteiger partial charge in [0.1, 0.15) is 12.1 Å². The van der Waals surface area contributed by atoms with E-state index >= 15 is 0 Å². The quantitative estimate of drug-likeness (QED) is 0.350. The zero-order valence-electron chi connectivity index (χ0n) is 17.0. The number of nitrogens with zero attached hydrogens (tertiary/aromatic N) is 4. The molecule has 0 bridgehead atoms. The Balaban J connectivity index is 1.42. The molecule has 5 nitrogen and oxygen atoms in total. The summed E-state index contributed by atoms with van der Waals surface area (Å²) < 4.78 is 52.0. The molecule has 33 heavy (non-hydrogen) atoms. The summed E-state index contributed by atoms with van der Waals surface area (Å²) in [4.78, 5) is 22.7. The van der Waals surface area contributed by atoms with Crippen LogP contribution in [-0.2, 0) is 6.54 Å². The number of anilines is 1. The highest BCUT2D eigenvalue weighted by molar-refractivity contribution is 8.00. The second kappa shape index (κ2) is 9.56. The first-order valence-electron chi connectivity index (χ1n) is 9.85. The zero-order chi connectivity index (χ0) is 23.6. The normalized spacial score (nSPS) is 14.3. The van der Waals surface area contributed by atoms with Crippen molar-refractivity contribution >= 4 is 34.9 Å². The van der Waals surface area contributed by atoms with Gasteiger partial charge in [0.15, 0.2) is 0 Å². The van der Waals surface area contributed by atoms with Gasteiger partial charge in [0, 0.05) is 18.0 Å². The molecule has 2 heterocycles. The van der Waals surface area contributed by atoms with E-state index in [0.29, 0.717) is 31.0 Å². The first kappa shape index (κ1) is 23.3. The van der Waals surface area contributed by atoms with Crippen molar-refractivity contribution in [3.8, 4) is 0 Å². The molecule has 1 aliphatic rings. The van der Waals surface area contributed by atoms with E-state index < -0.39 is 17.0 Å². The number of alkyl halides is 3. The van der Waals surface area contributed by atoms with Gasteiger partial charge in [-0.15, -0.1) is 0 Å². The van der Waals surface area contributed by atoms with Gasteiger partial charge in [-0.1, -0.05) is 35.9 Å². The maximum absolute atomic E-state index is 13.4. The molecule has 1 aromatic heterocycles. The minimum atomic E-state index is -4.35. The van der Waals surface area contributed by atoms with E-state index in [1.165, 1.54) is 41.2 Å². The largest absolute Gasteiger partial charge is 0.446 e. The van der Waals surface area contributed by atoms with Crippen molar-refractivity contribution in [1.82, 2.24) is 14.5 Å². The van der Waals surface area contributed by atoms with Gasteiger partial charge in [0.05, 0.1) is 11.6 Å². The molecule has 0 spiro atoms. The SMILES string of the molecule is O=c1nc(N2CC=C(c3ccc(F)c(Cl)c3)CC2)ncn1Cc1ccc(SC(F)(F)F)cc1. The third-order valence-electron chi connectivity index (χ3n) is 5.05. The Morgan fingerprint density at radius 2 is 1.88 bits per heavy atom. The molecule has 3 aromatic rings. The van der Waals surface area contributed by atoms with Crippen LogP contribution in [0.25, 0.3) is 5.57 Å². The molecule has 0 saturated carbocycles. The molecule has 0 radical (unpaired) electrons. The number of rotatable bonds is 5. The molecule has 0 saturated heterocycles. The lowest BCUT2D eigenvalue weighted by Gasteiger charge is -2.26. The topological polar surface area (TPSA) is 51.0 Å². The molecule has 0 aliphatic carbocycles. The summed E-state index contributed by atoms with van der Waals surface area (Å²) in [7, 11) is 0. The van der Waals surface area contributed by atoms with Gasteiger partial charge in [0.25, 0.3) is 0 Å². The fourth-order valence-corrected chi connectivity index (χ4v) is 4.13. The van der Waals surface area contributed by atoms with Crippen LogP contribution in [0.2, 0.25) is 5.02 Å². The standard InChI is InChI=1S/C22H17ClF4N4OS/c23-18-11-16(3-6-19(18)24)15-7-9-30(10-8-15)20-28-13-31(21(32)29-20)12-14-1-4-17(5-2-14)33-22(25,26)27/h1-7,11,13H,8-10,12H2. The van der Waals surface area contributed by atoms with Crippen LogP contribution in [0, 0.1) is 5.82 Å². The summed E-state index contributed by atoms with van der Waals surface area (Å²) >= 11 is 5.68. The van der Waals surface area contributed by atoms with Gasteiger partial charge in [-0.3, -0.25) is 4.57 Å². The smallest absolute Gasteiger partial charge is 0.337 e. The molecule has 0 atom stereocenters. The van der Waals surface area contributed by atoms with Gasteiger partial charge < -0.3 is 4.90 Å². The number of thioether (sulfide) groups is 1. The zero-order valence-corrected chi connectivity index (χ0v) is 18.6. The second-order valence-corrected chi connectivity index (χ2v) is 8.86. The third-order valence-corrected chi connectivity index (χ3v) is 6.08. The third kappa shape index (κ3) is 5.94. The average molecular weight is 497 g/mol. The van der Waals surface area contributed by atoms with Crippen LogP contribution >= 0.6 is 23.4 Å². The molecule has 11 heteroatoms. The van der Waals surface area contributed by atoms with Gasteiger partial charge in [-0.2, -0.15) is 18.2 Å². The maximum atomic E-state index is 13.4. The van der Waals surface area contributed by atoms with E-state index in [1.54, 1.807) is 12.1 Å². The predicted octanol–water partition coefficient (Wildman–Crippen LogP) is 5.38. The van der Waals surface area contributed by atoms with Crippen molar-refractivity contribution in [3.05, 3.63) is 87.3 Å². The van der Waals surface area contributed by atoms with Crippen molar-refractivity contribution in [2.75, 3.05) is 18.0 Å². The van der Waals surface area contributed by atoms with E-state index in [9.17, 15) is 22.4 Å². The molecule has 2 aromatic carbocycles. The van der Waals surface area contributed by atoms with Crippen LogP contribution in [0.15, 0.2) is 64.6 Å². The monoisotopic (exact) mass is 496 g/mol. The molecule has 0 N–H and O–H groups in total. The fraction of sp³-hybridized carbons (Fsp3) is 0.227. The van der Waals surface area contributed by atoms with Crippen molar-refractivity contribution in [1.29, 1.82) is 0 Å². The van der Waals surface area contributed by atoms with Crippen LogP contribution < -0.4 is 10.6 Å². The number of hydrogen-bond donors (Lipinski definition) is 0. The summed E-state index contributed by atoms with van der Waals surface area (Å²) in [6.07, 6.45) is 3.99. The average Bonchev–Trinajstić information content (AvgIpc) is 2.77. The maximum Gasteiger partial charge on any atom is 0.446 e. The van der Waals surface area contributed by atoms with Gasteiger partial charge >= 0.3 is 11.2 Å². The van der Waals surface area contributed by atoms with Gasteiger partial charge in [-0.25, -0.2) is 14.2 Å². The Bertz CT molecular complexity index is 1240. The molecular weight excluding hydrogens is 480 g/mol. The molecule has 0 unspecified atom stereocenters. The highest BCUT2D eigenvalue weighted by Crippen LogP contribution is 2.36. The Kier molecular flexibility index (Phi) is 6.76. The second-order valence-electron chi connectivity index (χ2n) is 7.31. The first-order valence-corrected chi connectivity index (χ1v) is 11.0. The Morgan fingerprint density at radius 1 is 1.12 bits per heavy atom. The summed E-state index contributed by atoms with van der Waals surface area (Å²) in [5.41, 5.74) is -2.33. The van der Waals surface area contributed by atoms with E-state index in [1.807, 2.05) is 11.0 Å². The first-order chi connectivity index (χ1) is 15.7. The highest BCUT2D eigenvalue weighted by atomic mass is 35.5. The molecule has 1 aliphatic heterocycles. The van der Waals surface area contributed by atoms with Crippen LogP contribution in [0.4, 0.5) is 23.5 Å². The lowest BCUT2D eigenvalue weighted by Crippen LogP contribution is -2.34.